The van der Waals surface area contributed by atoms with Gasteiger partial charge in [-0.2, -0.15) is 5.10 Å². The molecule has 0 spiro atoms. The third-order valence-corrected chi connectivity index (χ3v) is 7.55. The normalized spacial score (nSPS) is 12.7. The number of nitrogens with zero attached hydrogens (tertiary/aromatic N) is 3. The molecule has 5 aromatic rings. The highest BCUT2D eigenvalue weighted by molar-refractivity contribution is 7.13. The number of H-pyrrole nitrogens is 1. The number of aromatic amines is 1. The molecule has 0 aliphatic carbocycles. The van der Waals surface area contributed by atoms with E-state index in [2.05, 4.69) is 39.2 Å². The Bertz CT molecular complexity index is 1740. The summed E-state index contributed by atoms with van der Waals surface area (Å²) in [6, 6.07) is 17.6. The lowest BCUT2D eigenvalue weighted by molar-refractivity contribution is -0.114. The van der Waals surface area contributed by atoms with Crippen LogP contribution in [-0.4, -0.2) is 38.4 Å². The van der Waals surface area contributed by atoms with Gasteiger partial charge in [-0.05, 0) is 69.6 Å². The maximum atomic E-state index is 13.5. The number of anilines is 2. The molecule has 38 heavy (non-hydrogen) atoms. The van der Waals surface area contributed by atoms with Crippen molar-refractivity contribution in [2.24, 2.45) is 0 Å². The quantitative estimate of drug-likeness (QED) is 0.253. The Kier molecular flexibility index (Phi) is 5.77. The third-order valence-electron chi connectivity index (χ3n) is 6.68. The van der Waals surface area contributed by atoms with E-state index >= 15 is 0 Å². The van der Waals surface area contributed by atoms with E-state index < -0.39 is 0 Å². The molecule has 0 saturated carbocycles. The fourth-order valence-electron chi connectivity index (χ4n) is 4.91. The summed E-state index contributed by atoms with van der Waals surface area (Å²) in [6.45, 7) is 6.36. The second-order valence-corrected chi connectivity index (χ2v) is 10.2. The zero-order valence-corrected chi connectivity index (χ0v) is 21.4. The van der Waals surface area contributed by atoms with E-state index in [9.17, 15) is 9.59 Å². The van der Waals surface area contributed by atoms with E-state index in [0.29, 0.717) is 30.2 Å². The zero-order valence-electron chi connectivity index (χ0n) is 20.6. The molecule has 1 aliphatic heterocycles. The number of carbonyl (C=O) groups is 2. The van der Waals surface area contributed by atoms with E-state index in [4.69, 9.17) is 5.73 Å². The van der Waals surface area contributed by atoms with Crippen LogP contribution < -0.4 is 11.1 Å². The van der Waals surface area contributed by atoms with Gasteiger partial charge in [-0.3, -0.25) is 14.7 Å². The SMILES string of the molecule is C=C(CN1Cc2c(-c3ccc4[nH]nc(-c5cccs5)c4c3)ccc(N)c2C1=O)c1ccnc(NC(C)=O)c1. The molecule has 0 radical (unpaired) electrons. The van der Waals surface area contributed by atoms with Crippen LogP contribution in [0, 0.1) is 0 Å². The van der Waals surface area contributed by atoms with Crippen molar-refractivity contribution < 1.29 is 9.59 Å². The smallest absolute Gasteiger partial charge is 0.256 e. The monoisotopic (exact) mass is 520 g/mol. The summed E-state index contributed by atoms with van der Waals surface area (Å²) >= 11 is 1.64. The molecular formula is C29H24N6O2S. The van der Waals surface area contributed by atoms with Gasteiger partial charge >= 0.3 is 0 Å². The van der Waals surface area contributed by atoms with Gasteiger partial charge in [-0.15, -0.1) is 11.3 Å². The molecule has 4 N–H and O–H groups in total. The summed E-state index contributed by atoms with van der Waals surface area (Å²) in [6.07, 6.45) is 1.61. The minimum absolute atomic E-state index is 0.125. The minimum atomic E-state index is -0.204. The van der Waals surface area contributed by atoms with Gasteiger partial charge in [0.1, 0.15) is 11.5 Å². The van der Waals surface area contributed by atoms with Crippen LogP contribution in [0.2, 0.25) is 0 Å². The number of aromatic nitrogens is 3. The topological polar surface area (TPSA) is 117 Å². The van der Waals surface area contributed by atoms with Crippen molar-refractivity contribution in [2.75, 3.05) is 17.6 Å². The lowest BCUT2D eigenvalue weighted by Gasteiger charge is -2.18. The number of amides is 2. The number of carbonyl (C=O) groups excluding carboxylic acids is 2. The Morgan fingerprint density at radius 2 is 2.08 bits per heavy atom. The molecule has 0 unspecified atom stereocenters. The van der Waals surface area contributed by atoms with Gasteiger partial charge in [0.2, 0.25) is 5.91 Å². The molecule has 6 rings (SSSR count). The lowest BCUT2D eigenvalue weighted by Crippen LogP contribution is -2.26. The van der Waals surface area contributed by atoms with Crippen LogP contribution in [0.15, 0.2) is 72.8 Å². The van der Waals surface area contributed by atoms with Crippen LogP contribution in [0.5, 0.6) is 0 Å². The Balaban J connectivity index is 1.32. The largest absolute Gasteiger partial charge is 0.398 e. The second kappa shape index (κ2) is 9.28. The fourth-order valence-corrected chi connectivity index (χ4v) is 5.63. The Morgan fingerprint density at radius 1 is 1.21 bits per heavy atom. The zero-order chi connectivity index (χ0) is 26.4. The van der Waals surface area contributed by atoms with E-state index in [1.807, 2.05) is 35.7 Å². The van der Waals surface area contributed by atoms with Crippen LogP contribution in [0.3, 0.4) is 0 Å². The van der Waals surface area contributed by atoms with Crippen molar-refractivity contribution in [1.82, 2.24) is 20.1 Å². The molecule has 4 heterocycles. The highest BCUT2D eigenvalue weighted by Gasteiger charge is 2.32. The van der Waals surface area contributed by atoms with Crippen LogP contribution in [0.4, 0.5) is 11.5 Å². The molecule has 2 amide bonds. The molecule has 0 atom stereocenters. The van der Waals surface area contributed by atoms with E-state index in [0.717, 1.165) is 49.3 Å². The fraction of sp³-hybridized carbons (Fsp3) is 0.103. The molecule has 8 nitrogen and oxygen atoms in total. The highest BCUT2D eigenvalue weighted by atomic mass is 32.1. The number of hydrogen-bond acceptors (Lipinski definition) is 6. The number of nitrogens with two attached hydrogens (primary N) is 1. The first-order valence-corrected chi connectivity index (χ1v) is 12.9. The Morgan fingerprint density at radius 3 is 2.87 bits per heavy atom. The Hall–Kier alpha value is -4.76. The van der Waals surface area contributed by atoms with E-state index in [1.165, 1.54) is 6.92 Å². The Labute approximate surface area is 222 Å². The van der Waals surface area contributed by atoms with Gasteiger partial charge in [0, 0.05) is 37.3 Å². The summed E-state index contributed by atoms with van der Waals surface area (Å²) in [7, 11) is 0. The maximum Gasteiger partial charge on any atom is 0.256 e. The third kappa shape index (κ3) is 4.12. The first kappa shape index (κ1) is 23.6. The molecule has 0 fully saturated rings. The molecule has 9 heteroatoms. The summed E-state index contributed by atoms with van der Waals surface area (Å²) in [5.41, 5.74) is 13.6. The van der Waals surface area contributed by atoms with Gasteiger partial charge in [0.25, 0.3) is 5.91 Å². The van der Waals surface area contributed by atoms with Crippen molar-refractivity contribution in [3.05, 3.63) is 89.4 Å². The molecule has 3 aromatic heterocycles. The van der Waals surface area contributed by atoms with Crippen molar-refractivity contribution in [2.45, 2.75) is 13.5 Å². The minimum Gasteiger partial charge on any atom is -0.398 e. The average Bonchev–Trinajstić information content (AvgIpc) is 3.63. The van der Waals surface area contributed by atoms with E-state index in [1.54, 1.807) is 34.6 Å². The van der Waals surface area contributed by atoms with Crippen LogP contribution in [0.25, 0.3) is 38.2 Å². The maximum absolute atomic E-state index is 13.5. The second-order valence-electron chi connectivity index (χ2n) is 9.24. The number of pyridine rings is 1. The number of fused-ring (bicyclic) bond motifs is 2. The highest BCUT2D eigenvalue weighted by Crippen LogP contribution is 2.39. The van der Waals surface area contributed by atoms with Gasteiger partial charge in [-0.1, -0.05) is 24.8 Å². The number of hydrogen-bond donors (Lipinski definition) is 3. The van der Waals surface area contributed by atoms with Crippen molar-refractivity contribution in [1.29, 1.82) is 0 Å². The molecule has 0 saturated heterocycles. The summed E-state index contributed by atoms with van der Waals surface area (Å²) < 4.78 is 0. The number of nitrogen functional groups attached to an aromatic ring is 1. The molecule has 188 valence electrons. The van der Waals surface area contributed by atoms with Crippen LogP contribution in [-0.2, 0) is 11.3 Å². The van der Waals surface area contributed by atoms with Crippen LogP contribution in [0.1, 0.15) is 28.4 Å². The van der Waals surface area contributed by atoms with E-state index in [-0.39, 0.29) is 11.8 Å². The van der Waals surface area contributed by atoms with Gasteiger partial charge in [0.15, 0.2) is 0 Å². The number of benzene rings is 2. The summed E-state index contributed by atoms with van der Waals surface area (Å²) in [4.78, 5) is 31.9. The van der Waals surface area contributed by atoms with Gasteiger partial charge < -0.3 is 16.0 Å². The van der Waals surface area contributed by atoms with Crippen molar-refractivity contribution >= 4 is 51.1 Å². The number of nitrogens with one attached hydrogen (secondary N) is 2. The number of thiophene rings is 1. The lowest BCUT2D eigenvalue weighted by atomic mass is 9.94. The standard InChI is InChI=1S/C29H24N6O2S/c1-16(18-9-10-31-26(13-18)32-17(2)36)14-35-15-22-20(6-7-23(30)27(22)29(35)37)19-5-8-24-21(12-19)28(34-33-24)25-4-3-11-38-25/h3-13H,1,14-15,30H2,2H3,(H,33,34)(H,31,32,36). The van der Waals surface area contributed by atoms with Crippen LogP contribution >= 0.6 is 11.3 Å². The molecule has 0 bridgehead atoms. The average molecular weight is 521 g/mol. The predicted octanol–water partition coefficient (Wildman–Crippen LogP) is 5.56. The molecule has 2 aromatic carbocycles. The molecule has 1 aliphatic rings. The predicted molar refractivity (Wildman–Crippen MR) is 152 cm³/mol. The first-order valence-electron chi connectivity index (χ1n) is 12.0. The van der Waals surface area contributed by atoms with Gasteiger partial charge in [-0.25, -0.2) is 4.98 Å². The summed E-state index contributed by atoms with van der Waals surface area (Å²) in [5, 5.41) is 13.4. The number of rotatable bonds is 6. The first-order chi connectivity index (χ1) is 18.4. The van der Waals surface area contributed by atoms with Crippen molar-refractivity contribution in [3.63, 3.8) is 0 Å². The van der Waals surface area contributed by atoms with Gasteiger partial charge in [0.05, 0.1) is 16.0 Å². The van der Waals surface area contributed by atoms with Crippen molar-refractivity contribution in [3.8, 4) is 21.7 Å². The molecular weight excluding hydrogens is 496 g/mol. The summed E-state index contributed by atoms with van der Waals surface area (Å²) in [5.74, 6) is 0.111.